The molecule has 0 radical (unpaired) electrons. The Morgan fingerprint density at radius 3 is 1.61 bits per heavy atom. The van der Waals surface area contributed by atoms with Gasteiger partial charge >= 0.3 is 35.6 Å². The van der Waals surface area contributed by atoms with E-state index in [-0.39, 0.29) is 16.7 Å². The van der Waals surface area contributed by atoms with Crippen LogP contribution in [-0.4, -0.2) is 11.3 Å². The third-order valence-electron chi connectivity index (χ3n) is 4.33. The Hall–Kier alpha value is -1.15. The van der Waals surface area contributed by atoms with Gasteiger partial charge in [0, 0.05) is 17.3 Å². The van der Waals surface area contributed by atoms with Crippen molar-refractivity contribution in [3.05, 3.63) is 57.9 Å². The van der Waals surface area contributed by atoms with E-state index in [0.29, 0.717) is 5.56 Å². The molecule has 0 heterocycles. The summed E-state index contributed by atoms with van der Waals surface area (Å²) >= 11 is -0.556. The molecule has 2 aromatic rings. The zero-order valence-corrected chi connectivity index (χ0v) is 20.8. The van der Waals surface area contributed by atoms with Crippen molar-refractivity contribution in [1.82, 2.24) is 0 Å². The summed E-state index contributed by atoms with van der Waals surface area (Å²) in [7, 11) is 9.78. The molecule has 0 saturated carbocycles. The molecule has 0 fully saturated rings. The fraction of sp³-hybridized carbons (Fsp3) is 0.381. The van der Waals surface area contributed by atoms with Gasteiger partial charge in [0.15, 0.2) is 23.3 Å². The maximum absolute atomic E-state index is 13.8. The molecular formula is C21H22Cl2F5NOTi. The quantitative estimate of drug-likeness (QED) is 0.142. The predicted octanol–water partition coefficient (Wildman–Crippen LogP) is 7.81. The van der Waals surface area contributed by atoms with E-state index in [1.165, 1.54) is 0 Å². The fourth-order valence-electron chi connectivity index (χ4n) is 2.60. The topological polar surface area (TPSA) is 32.6 Å². The molecule has 0 amide bonds. The fourth-order valence-corrected chi connectivity index (χ4v) is 2.60. The molecule has 0 unspecified atom stereocenters. The minimum atomic E-state index is -2.25. The van der Waals surface area contributed by atoms with E-state index >= 15 is 0 Å². The van der Waals surface area contributed by atoms with E-state index in [1.54, 1.807) is 6.07 Å². The molecule has 2 aromatic carbocycles. The summed E-state index contributed by atoms with van der Waals surface area (Å²) in [6.45, 7) is 11.4. The summed E-state index contributed by atoms with van der Waals surface area (Å²) < 4.78 is 67.6. The third kappa shape index (κ3) is 6.67. The van der Waals surface area contributed by atoms with Crippen LogP contribution < -0.4 is 0 Å². The van der Waals surface area contributed by atoms with E-state index in [0.717, 1.165) is 11.8 Å². The molecular weight excluding hydrogens is 496 g/mol. The first-order valence-corrected chi connectivity index (χ1v) is 13.3. The maximum atomic E-state index is 13.8. The van der Waals surface area contributed by atoms with Crippen LogP contribution in [0.5, 0.6) is 5.75 Å². The van der Waals surface area contributed by atoms with Crippen molar-refractivity contribution in [2.45, 2.75) is 52.4 Å². The first-order chi connectivity index (χ1) is 14.1. The Kier molecular flexibility index (Phi) is 9.58. The van der Waals surface area contributed by atoms with Crippen molar-refractivity contribution in [3.63, 3.8) is 0 Å². The van der Waals surface area contributed by atoms with Crippen molar-refractivity contribution < 1.29 is 44.1 Å². The molecule has 0 aromatic heterocycles. The Labute approximate surface area is 195 Å². The molecule has 170 valence electrons. The second-order valence-corrected chi connectivity index (χ2v) is 11.3. The van der Waals surface area contributed by atoms with E-state index in [2.05, 4.69) is 4.99 Å². The van der Waals surface area contributed by atoms with Crippen molar-refractivity contribution in [2.75, 3.05) is 0 Å². The van der Waals surface area contributed by atoms with Crippen LogP contribution in [0.15, 0.2) is 17.1 Å². The van der Waals surface area contributed by atoms with Crippen molar-refractivity contribution >= 4 is 30.5 Å². The van der Waals surface area contributed by atoms with Gasteiger partial charge in [0.1, 0.15) is 11.4 Å². The molecule has 1 N–H and O–H groups in total. The number of phenolic OH excluding ortho intramolecular Hbond substituents is 1. The van der Waals surface area contributed by atoms with E-state index in [9.17, 15) is 27.1 Å². The first kappa shape index (κ1) is 27.9. The van der Waals surface area contributed by atoms with Gasteiger partial charge in [-0.3, -0.25) is 0 Å². The molecule has 0 aliphatic carbocycles. The number of aromatic hydroxyl groups is 1. The zero-order chi connectivity index (χ0) is 24.3. The number of hydrogen-bond donors (Lipinski definition) is 1. The van der Waals surface area contributed by atoms with Crippen LogP contribution in [0.1, 0.15) is 58.2 Å². The number of hydrogen-bond acceptors (Lipinski definition) is 2. The van der Waals surface area contributed by atoms with Crippen LogP contribution >= 0.6 is 18.6 Å². The molecule has 0 atom stereocenters. The van der Waals surface area contributed by atoms with Gasteiger partial charge in [-0.1, -0.05) is 47.6 Å². The Morgan fingerprint density at radius 2 is 1.23 bits per heavy atom. The molecule has 0 spiro atoms. The number of phenols is 1. The summed E-state index contributed by atoms with van der Waals surface area (Å²) in [6.07, 6.45) is 0.901. The number of rotatable bonds is 2. The molecule has 10 heteroatoms. The van der Waals surface area contributed by atoms with Crippen molar-refractivity contribution in [1.29, 1.82) is 0 Å². The Bertz CT molecular complexity index is 956. The van der Waals surface area contributed by atoms with E-state index < -0.39 is 57.2 Å². The predicted molar refractivity (Wildman–Crippen MR) is 111 cm³/mol. The summed E-state index contributed by atoms with van der Waals surface area (Å²) in [4.78, 5) is 3.46. The van der Waals surface area contributed by atoms with Gasteiger partial charge in [0.25, 0.3) is 0 Å². The Morgan fingerprint density at radius 1 is 0.806 bits per heavy atom. The molecule has 0 aliphatic rings. The summed E-state index contributed by atoms with van der Waals surface area (Å²) in [5.41, 5.74) is -0.595. The average molecular weight is 518 g/mol. The van der Waals surface area contributed by atoms with Crippen LogP contribution in [0.4, 0.5) is 27.6 Å². The van der Waals surface area contributed by atoms with Crippen LogP contribution in [0.3, 0.4) is 0 Å². The SMILES string of the molecule is CC(C)(C)c1cc(C=Nc2c(F)c(F)c(F)c(F)c2F)c(O)c(C(C)(C)C)c1.[Cl][Ti][Cl]. The standard InChI is InChI=1S/C21H22F5NO.2ClH.Ti/c1-20(2,3)11-7-10(19(28)12(8-11)21(4,5)6)9-27-18-16(25)14(23)13(22)15(24)17(18)26;;;/h7-9,28H,1-6H3;2*1H;/q;;;+2/p-2. The van der Waals surface area contributed by atoms with Gasteiger partial charge in [0.2, 0.25) is 5.82 Å². The number of nitrogens with zero attached hydrogens (tertiary/aromatic N) is 1. The Balaban J connectivity index is 0.00000151. The molecule has 2 rings (SSSR count). The van der Waals surface area contributed by atoms with Crippen LogP contribution in [0.25, 0.3) is 0 Å². The molecule has 31 heavy (non-hydrogen) atoms. The van der Waals surface area contributed by atoms with Crippen molar-refractivity contribution in [2.24, 2.45) is 4.99 Å². The van der Waals surface area contributed by atoms with E-state index in [4.69, 9.17) is 18.6 Å². The van der Waals surface area contributed by atoms with Gasteiger partial charge in [-0.05, 0) is 22.5 Å². The van der Waals surface area contributed by atoms with Gasteiger partial charge < -0.3 is 5.11 Å². The van der Waals surface area contributed by atoms with Gasteiger partial charge in [-0.15, -0.1) is 0 Å². The number of aliphatic imine (C=N–C) groups is 1. The minimum absolute atomic E-state index is 0.112. The second kappa shape index (κ2) is 10.6. The number of benzene rings is 2. The number of halogens is 7. The molecule has 0 aliphatic heterocycles. The average Bonchev–Trinajstić information content (AvgIpc) is 2.64. The van der Waals surface area contributed by atoms with Crippen molar-refractivity contribution in [3.8, 4) is 5.75 Å². The molecule has 0 saturated heterocycles. The summed E-state index contributed by atoms with van der Waals surface area (Å²) in [5.74, 6) is -10.6. The normalized spacial score (nSPS) is 12.0. The van der Waals surface area contributed by atoms with Crippen LogP contribution in [-0.2, 0) is 27.9 Å². The third-order valence-corrected chi connectivity index (χ3v) is 4.33. The van der Waals surface area contributed by atoms with Crippen LogP contribution in [0.2, 0.25) is 0 Å². The molecule has 2 nitrogen and oxygen atoms in total. The first-order valence-electron chi connectivity index (χ1n) is 8.97. The zero-order valence-electron chi connectivity index (χ0n) is 17.8. The molecule has 0 bridgehead atoms. The van der Waals surface area contributed by atoms with Crippen LogP contribution in [0, 0.1) is 29.1 Å². The van der Waals surface area contributed by atoms with Gasteiger partial charge in [-0.25, -0.2) is 26.9 Å². The summed E-state index contributed by atoms with van der Waals surface area (Å²) in [5, 5.41) is 10.6. The summed E-state index contributed by atoms with van der Waals surface area (Å²) in [6, 6.07) is 3.39. The second-order valence-electron chi connectivity index (χ2n) is 8.71. The van der Waals surface area contributed by atoms with Gasteiger partial charge in [0.05, 0.1) is 0 Å². The van der Waals surface area contributed by atoms with E-state index in [1.807, 2.05) is 47.6 Å². The van der Waals surface area contributed by atoms with Gasteiger partial charge in [-0.2, -0.15) is 0 Å². The monoisotopic (exact) mass is 517 g/mol.